The lowest BCUT2D eigenvalue weighted by atomic mass is 9.96. The molecule has 19 heavy (non-hydrogen) atoms. The predicted octanol–water partition coefficient (Wildman–Crippen LogP) is 3.33. The van der Waals surface area contributed by atoms with Crippen LogP contribution >= 0.6 is 0 Å². The first-order chi connectivity index (χ1) is 9.19. The maximum Gasteiger partial charge on any atom is 0.161 e. The van der Waals surface area contributed by atoms with Gasteiger partial charge in [0.2, 0.25) is 0 Å². The van der Waals surface area contributed by atoms with E-state index in [9.17, 15) is 0 Å². The molecule has 1 N–H and O–H groups in total. The monoisotopic (exact) mass is 263 g/mol. The molecule has 1 aromatic rings. The first-order valence-electron chi connectivity index (χ1n) is 7.17. The van der Waals surface area contributed by atoms with Gasteiger partial charge >= 0.3 is 0 Å². The van der Waals surface area contributed by atoms with E-state index in [0.717, 1.165) is 30.4 Å². The molecule has 0 aromatic heterocycles. The molecular weight excluding hydrogens is 238 g/mol. The second-order valence-electron chi connectivity index (χ2n) is 5.40. The molecule has 0 spiro atoms. The molecule has 1 aliphatic carbocycles. The van der Waals surface area contributed by atoms with Crippen LogP contribution in [0.4, 0.5) is 0 Å². The quantitative estimate of drug-likeness (QED) is 0.845. The van der Waals surface area contributed by atoms with E-state index in [4.69, 9.17) is 9.47 Å². The van der Waals surface area contributed by atoms with Crippen LogP contribution in [0.25, 0.3) is 0 Å². The van der Waals surface area contributed by atoms with Gasteiger partial charge in [-0.1, -0.05) is 13.8 Å². The lowest BCUT2D eigenvalue weighted by Crippen LogP contribution is -2.22. The van der Waals surface area contributed by atoms with Gasteiger partial charge in [0.15, 0.2) is 11.5 Å². The minimum absolute atomic E-state index is 0.428. The fourth-order valence-corrected chi connectivity index (χ4v) is 2.97. The van der Waals surface area contributed by atoms with Crippen LogP contribution in [0.15, 0.2) is 12.1 Å². The zero-order valence-electron chi connectivity index (χ0n) is 12.5. The summed E-state index contributed by atoms with van der Waals surface area (Å²) in [5.41, 5.74) is 2.77. The maximum atomic E-state index is 5.44. The minimum Gasteiger partial charge on any atom is -0.493 e. The molecule has 0 saturated carbocycles. The molecule has 2 unspecified atom stereocenters. The van der Waals surface area contributed by atoms with Crippen molar-refractivity contribution in [2.75, 3.05) is 20.8 Å². The summed E-state index contributed by atoms with van der Waals surface area (Å²) < 4.78 is 10.9. The standard InChI is InChI=1S/C16H25NO2/c1-5-17-14-8-11(2)6-7-12-9-15(18-3)16(19-4)10-13(12)14/h9-11,14,17H,5-8H2,1-4H3. The number of hydrogen-bond acceptors (Lipinski definition) is 3. The highest BCUT2D eigenvalue weighted by molar-refractivity contribution is 5.49. The third-order valence-electron chi connectivity index (χ3n) is 4.02. The maximum absolute atomic E-state index is 5.44. The third kappa shape index (κ3) is 3.03. The molecule has 0 bridgehead atoms. The molecule has 3 heteroatoms. The number of rotatable bonds is 4. The summed E-state index contributed by atoms with van der Waals surface area (Å²) in [7, 11) is 3.40. The molecular formula is C16H25NO2. The lowest BCUT2D eigenvalue weighted by molar-refractivity contribution is 0.353. The lowest BCUT2D eigenvalue weighted by Gasteiger charge is -2.21. The Morgan fingerprint density at radius 1 is 1.21 bits per heavy atom. The van der Waals surface area contributed by atoms with Crippen molar-refractivity contribution in [3.8, 4) is 11.5 Å². The van der Waals surface area contributed by atoms with E-state index in [1.807, 2.05) is 0 Å². The number of fused-ring (bicyclic) bond motifs is 1. The molecule has 3 nitrogen and oxygen atoms in total. The molecule has 0 saturated heterocycles. The number of benzene rings is 1. The molecule has 0 aliphatic heterocycles. The van der Waals surface area contributed by atoms with Gasteiger partial charge in [-0.15, -0.1) is 0 Å². The summed E-state index contributed by atoms with van der Waals surface area (Å²) in [6.45, 7) is 5.49. The van der Waals surface area contributed by atoms with Gasteiger partial charge < -0.3 is 14.8 Å². The van der Waals surface area contributed by atoms with Crippen LogP contribution in [0.2, 0.25) is 0 Å². The highest BCUT2D eigenvalue weighted by Crippen LogP contribution is 2.38. The third-order valence-corrected chi connectivity index (χ3v) is 4.02. The van der Waals surface area contributed by atoms with Gasteiger partial charge in [0.25, 0.3) is 0 Å². The number of hydrogen-bond donors (Lipinski definition) is 1. The number of ether oxygens (including phenoxy) is 2. The van der Waals surface area contributed by atoms with Crippen molar-refractivity contribution in [2.45, 2.75) is 39.2 Å². The number of methoxy groups -OCH3 is 2. The van der Waals surface area contributed by atoms with E-state index in [1.54, 1.807) is 14.2 Å². The highest BCUT2D eigenvalue weighted by atomic mass is 16.5. The van der Waals surface area contributed by atoms with Crippen LogP contribution in [-0.2, 0) is 6.42 Å². The summed E-state index contributed by atoms with van der Waals surface area (Å²) in [5, 5.41) is 3.60. The molecule has 1 aromatic carbocycles. The van der Waals surface area contributed by atoms with E-state index in [2.05, 4.69) is 31.3 Å². The number of aryl methyl sites for hydroxylation is 1. The van der Waals surface area contributed by atoms with Crippen molar-refractivity contribution >= 4 is 0 Å². The Bertz CT molecular complexity index is 431. The van der Waals surface area contributed by atoms with Crippen LogP contribution in [0.1, 0.15) is 43.9 Å². The zero-order chi connectivity index (χ0) is 13.8. The SMILES string of the molecule is CCNC1CC(C)CCc2cc(OC)c(OC)cc21. The van der Waals surface area contributed by atoms with E-state index in [1.165, 1.54) is 24.0 Å². The fourth-order valence-electron chi connectivity index (χ4n) is 2.97. The van der Waals surface area contributed by atoms with Crippen LogP contribution < -0.4 is 14.8 Å². The van der Waals surface area contributed by atoms with Gasteiger partial charge in [-0.3, -0.25) is 0 Å². The normalized spacial score (nSPS) is 22.5. The largest absolute Gasteiger partial charge is 0.493 e. The van der Waals surface area contributed by atoms with E-state index < -0.39 is 0 Å². The van der Waals surface area contributed by atoms with Crippen LogP contribution in [-0.4, -0.2) is 20.8 Å². The Hall–Kier alpha value is -1.22. The molecule has 2 atom stereocenters. The topological polar surface area (TPSA) is 30.5 Å². The Morgan fingerprint density at radius 3 is 2.53 bits per heavy atom. The van der Waals surface area contributed by atoms with Gasteiger partial charge in [-0.2, -0.15) is 0 Å². The minimum atomic E-state index is 0.428. The number of nitrogens with one attached hydrogen (secondary N) is 1. The summed E-state index contributed by atoms with van der Waals surface area (Å²) in [6.07, 6.45) is 3.56. The Kier molecular flexibility index (Phi) is 4.70. The van der Waals surface area contributed by atoms with E-state index in [-0.39, 0.29) is 0 Å². The zero-order valence-corrected chi connectivity index (χ0v) is 12.5. The van der Waals surface area contributed by atoms with Gasteiger partial charge in [-0.05, 0) is 55.0 Å². The molecule has 0 amide bonds. The Labute approximate surface area is 116 Å². The molecule has 1 aliphatic rings. The molecule has 0 radical (unpaired) electrons. The second-order valence-corrected chi connectivity index (χ2v) is 5.40. The average Bonchev–Trinajstić information content (AvgIpc) is 2.57. The Balaban J connectivity index is 2.43. The van der Waals surface area contributed by atoms with Crippen molar-refractivity contribution in [3.63, 3.8) is 0 Å². The van der Waals surface area contributed by atoms with Crippen molar-refractivity contribution in [1.29, 1.82) is 0 Å². The first kappa shape index (κ1) is 14.2. The Morgan fingerprint density at radius 2 is 1.89 bits per heavy atom. The molecule has 0 heterocycles. The summed E-state index contributed by atoms with van der Waals surface area (Å²) in [5.74, 6) is 2.41. The molecule has 2 rings (SSSR count). The van der Waals surface area contributed by atoms with Gasteiger partial charge in [0, 0.05) is 6.04 Å². The molecule has 0 fully saturated rings. The fraction of sp³-hybridized carbons (Fsp3) is 0.625. The van der Waals surface area contributed by atoms with Crippen LogP contribution in [0.5, 0.6) is 11.5 Å². The summed E-state index contributed by atoms with van der Waals surface area (Å²) in [6, 6.07) is 4.73. The average molecular weight is 263 g/mol. The summed E-state index contributed by atoms with van der Waals surface area (Å²) >= 11 is 0. The second kappa shape index (κ2) is 6.29. The first-order valence-corrected chi connectivity index (χ1v) is 7.17. The van der Waals surface area contributed by atoms with Crippen LogP contribution in [0, 0.1) is 5.92 Å². The van der Waals surface area contributed by atoms with Crippen molar-refractivity contribution in [2.24, 2.45) is 5.92 Å². The van der Waals surface area contributed by atoms with Gasteiger partial charge in [0.05, 0.1) is 14.2 Å². The van der Waals surface area contributed by atoms with Gasteiger partial charge in [-0.25, -0.2) is 0 Å². The van der Waals surface area contributed by atoms with Gasteiger partial charge in [0.1, 0.15) is 0 Å². The van der Waals surface area contributed by atoms with E-state index in [0.29, 0.717) is 6.04 Å². The molecule has 106 valence electrons. The van der Waals surface area contributed by atoms with Crippen LogP contribution in [0.3, 0.4) is 0 Å². The van der Waals surface area contributed by atoms with Crippen molar-refractivity contribution < 1.29 is 9.47 Å². The van der Waals surface area contributed by atoms with E-state index >= 15 is 0 Å². The highest BCUT2D eigenvalue weighted by Gasteiger charge is 2.23. The smallest absolute Gasteiger partial charge is 0.161 e. The predicted molar refractivity (Wildman–Crippen MR) is 78.1 cm³/mol. The van der Waals surface area contributed by atoms with Crippen molar-refractivity contribution in [1.82, 2.24) is 5.32 Å². The van der Waals surface area contributed by atoms with Crippen molar-refractivity contribution in [3.05, 3.63) is 23.3 Å². The summed E-state index contributed by atoms with van der Waals surface area (Å²) in [4.78, 5) is 0.